The molecule has 3 nitrogen and oxygen atoms in total. The molecule has 0 aliphatic heterocycles. The Morgan fingerprint density at radius 2 is 2.24 bits per heavy atom. The molecule has 1 aromatic carbocycles. The van der Waals surface area contributed by atoms with Gasteiger partial charge in [-0.2, -0.15) is 5.26 Å². The Balaban J connectivity index is 2.79. The number of hydrogen-bond acceptors (Lipinski definition) is 2. The third-order valence-corrected chi connectivity index (χ3v) is 2.69. The normalized spacial score (nSPS) is 11.6. The highest BCUT2D eigenvalue weighted by Gasteiger charge is 2.12. The number of nitriles is 1. The Morgan fingerprint density at radius 1 is 1.53 bits per heavy atom. The highest BCUT2D eigenvalue weighted by Crippen LogP contribution is 2.14. The number of nitrogens with zero attached hydrogens (tertiary/aromatic N) is 1. The van der Waals surface area contributed by atoms with E-state index in [1.807, 2.05) is 13.8 Å². The van der Waals surface area contributed by atoms with Crippen molar-refractivity contribution in [2.24, 2.45) is 0 Å². The average Bonchev–Trinajstić information content (AvgIpc) is 2.27. The van der Waals surface area contributed by atoms with E-state index in [1.165, 1.54) is 0 Å². The lowest BCUT2D eigenvalue weighted by Crippen LogP contribution is -2.34. The van der Waals surface area contributed by atoms with Crippen LogP contribution in [0.4, 0.5) is 0 Å². The van der Waals surface area contributed by atoms with Crippen LogP contribution in [0.15, 0.2) is 18.2 Å². The van der Waals surface area contributed by atoms with E-state index in [0.717, 1.165) is 12.0 Å². The van der Waals surface area contributed by atoms with E-state index in [9.17, 15) is 4.79 Å². The summed E-state index contributed by atoms with van der Waals surface area (Å²) in [5.74, 6) is -0.183. The summed E-state index contributed by atoms with van der Waals surface area (Å²) in [6.45, 7) is 3.82. The van der Waals surface area contributed by atoms with Crippen LogP contribution in [0.2, 0.25) is 5.02 Å². The van der Waals surface area contributed by atoms with Crippen LogP contribution in [0.25, 0.3) is 0 Å². The van der Waals surface area contributed by atoms with Crippen LogP contribution in [0.1, 0.15) is 35.7 Å². The summed E-state index contributed by atoms with van der Waals surface area (Å²) >= 11 is 5.89. The number of nitrogens with one attached hydrogen (secondary N) is 1. The molecule has 0 saturated heterocycles. The van der Waals surface area contributed by atoms with Crippen molar-refractivity contribution in [2.75, 3.05) is 0 Å². The number of rotatable bonds is 4. The Labute approximate surface area is 106 Å². The Morgan fingerprint density at radius 3 is 2.76 bits per heavy atom. The van der Waals surface area contributed by atoms with Gasteiger partial charge in [-0.15, -0.1) is 0 Å². The minimum Gasteiger partial charge on any atom is -0.348 e. The van der Waals surface area contributed by atoms with Crippen molar-refractivity contribution in [1.29, 1.82) is 5.26 Å². The van der Waals surface area contributed by atoms with E-state index in [2.05, 4.69) is 11.4 Å². The summed E-state index contributed by atoms with van der Waals surface area (Å²) in [5.41, 5.74) is 1.47. The number of aryl methyl sites for hydroxylation is 1. The second kappa shape index (κ2) is 6.27. The molecule has 1 unspecified atom stereocenters. The highest BCUT2D eigenvalue weighted by atomic mass is 35.5. The molecule has 17 heavy (non-hydrogen) atoms. The number of halogens is 1. The van der Waals surface area contributed by atoms with Gasteiger partial charge in [0.1, 0.15) is 0 Å². The van der Waals surface area contributed by atoms with Gasteiger partial charge < -0.3 is 5.32 Å². The first-order valence-electron chi connectivity index (χ1n) is 5.51. The smallest absolute Gasteiger partial charge is 0.251 e. The van der Waals surface area contributed by atoms with Gasteiger partial charge in [0.15, 0.2) is 0 Å². The molecule has 1 aromatic rings. The maximum atomic E-state index is 11.9. The molecule has 0 aliphatic rings. The van der Waals surface area contributed by atoms with E-state index in [0.29, 0.717) is 17.0 Å². The van der Waals surface area contributed by atoms with Crippen molar-refractivity contribution in [3.8, 4) is 6.07 Å². The molecule has 1 atom stereocenters. The molecule has 90 valence electrons. The second-order valence-corrected chi connectivity index (χ2v) is 4.39. The third-order valence-electron chi connectivity index (χ3n) is 2.47. The van der Waals surface area contributed by atoms with Crippen molar-refractivity contribution in [3.05, 3.63) is 34.3 Å². The fourth-order valence-electron chi connectivity index (χ4n) is 1.54. The second-order valence-electron chi connectivity index (χ2n) is 3.96. The summed E-state index contributed by atoms with van der Waals surface area (Å²) in [6.07, 6.45) is 1.06. The summed E-state index contributed by atoms with van der Waals surface area (Å²) in [7, 11) is 0. The van der Waals surface area contributed by atoms with Crippen LogP contribution < -0.4 is 5.32 Å². The summed E-state index contributed by atoms with van der Waals surface area (Å²) in [6, 6.07) is 7.16. The number of amides is 1. The third kappa shape index (κ3) is 4.08. The minimum atomic E-state index is -0.183. The Kier molecular flexibility index (Phi) is 4.99. The SMILES string of the molecule is CCC(CC#N)NC(=O)c1cc(C)cc(Cl)c1. The number of benzene rings is 1. The van der Waals surface area contributed by atoms with E-state index in [-0.39, 0.29) is 11.9 Å². The first kappa shape index (κ1) is 13.5. The molecule has 0 fully saturated rings. The molecule has 0 saturated carbocycles. The maximum Gasteiger partial charge on any atom is 0.251 e. The topological polar surface area (TPSA) is 52.9 Å². The molecule has 0 bridgehead atoms. The van der Waals surface area contributed by atoms with Gasteiger partial charge in [-0.05, 0) is 37.1 Å². The van der Waals surface area contributed by atoms with Crippen LogP contribution in [-0.4, -0.2) is 11.9 Å². The number of carbonyl (C=O) groups is 1. The van der Waals surface area contributed by atoms with Crippen LogP contribution in [-0.2, 0) is 0 Å². The zero-order valence-electron chi connectivity index (χ0n) is 9.96. The number of hydrogen-bond donors (Lipinski definition) is 1. The van der Waals surface area contributed by atoms with Gasteiger partial charge in [-0.25, -0.2) is 0 Å². The maximum absolute atomic E-state index is 11.9. The Hall–Kier alpha value is -1.53. The minimum absolute atomic E-state index is 0.105. The fourth-order valence-corrected chi connectivity index (χ4v) is 1.83. The molecular formula is C13H15ClN2O. The van der Waals surface area contributed by atoms with Crippen molar-refractivity contribution in [1.82, 2.24) is 5.32 Å². The molecule has 0 spiro atoms. The monoisotopic (exact) mass is 250 g/mol. The van der Waals surface area contributed by atoms with Crippen LogP contribution in [0.5, 0.6) is 0 Å². The van der Waals surface area contributed by atoms with E-state index in [4.69, 9.17) is 16.9 Å². The summed E-state index contributed by atoms with van der Waals surface area (Å²) in [5, 5.41) is 12.0. The Bertz CT molecular complexity index is 431. The molecule has 1 N–H and O–H groups in total. The molecule has 1 rings (SSSR count). The van der Waals surface area contributed by atoms with E-state index < -0.39 is 0 Å². The molecule has 4 heteroatoms. The van der Waals surface area contributed by atoms with Gasteiger partial charge in [0.25, 0.3) is 5.91 Å². The number of carbonyl (C=O) groups excluding carboxylic acids is 1. The van der Waals surface area contributed by atoms with Crippen molar-refractivity contribution >= 4 is 17.5 Å². The standard InChI is InChI=1S/C13H15ClN2O/c1-3-12(4-5-15)16-13(17)10-6-9(2)7-11(14)8-10/h6-8,12H,3-4H2,1-2H3,(H,16,17). The lowest BCUT2D eigenvalue weighted by atomic mass is 10.1. The quantitative estimate of drug-likeness (QED) is 0.893. The van der Waals surface area contributed by atoms with Crippen LogP contribution in [0.3, 0.4) is 0 Å². The predicted octanol–water partition coefficient (Wildman–Crippen LogP) is 3.07. The van der Waals surface area contributed by atoms with E-state index in [1.54, 1.807) is 18.2 Å². The van der Waals surface area contributed by atoms with Crippen molar-refractivity contribution < 1.29 is 4.79 Å². The fraction of sp³-hybridized carbons (Fsp3) is 0.385. The first-order valence-corrected chi connectivity index (χ1v) is 5.89. The zero-order chi connectivity index (χ0) is 12.8. The van der Waals surface area contributed by atoms with Crippen molar-refractivity contribution in [3.63, 3.8) is 0 Å². The highest BCUT2D eigenvalue weighted by molar-refractivity contribution is 6.31. The van der Waals surface area contributed by atoms with Gasteiger partial charge in [0.05, 0.1) is 12.5 Å². The van der Waals surface area contributed by atoms with Crippen LogP contribution in [0, 0.1) is 18.3 Å². The molecule has 0 radical (unpaired) electrons. The summed E-state index contributed by atoms with van der Waals surface area (Å²) < 4.78 is 0. The van der Waals surface area contributed by atoms with Gasteiger partial charge in [-0.3, -0.25) is 4.79 Å². The predicted molar refractivity (Wildman–Crippen MR) is 68.0 cm³/mol. The van der Waals surface area contributed by atoms with Crippen LogP contribution >= 0.6 is 11.6 Å². The van der Waals surface area contributed by atoms with Gasteiger partial charge in [0, 0.05) is 16.6 Å². The summed E-state index contributed by atoms with van der Waals surface area (Å²) in [4.78, 5) is 11.9. The van der Waals surface area contributed by atoms with Gasteiger partial charge >= 0.3 is 0 Å². The zero-order valence-corrected chi connectivity index (χ0v) is 10.7. The average molecular weight is 251 g/mol. The molecular weight excluding hydrogens is 236 g/mol. The first-order chi connectivity index (χ1) is 8.06. The van der Waals surface area contributed by atoms with Gasteiger partial charge in [0.2, 0.25) is 0 Å². The molecule has 0 heterocycles. The van der Waals surface area contributed by atoms with Crippen molar-refractivity contribution in [2.45, 2.75) is 32.7 Å². The van der Waals surface area contributed by atoms with E-state index >= 15 is 0 Å². The molecule has 0 aromatic heterocycles. The lowest BCUT2D eigenvalue weighted by molar-refractivity contribution is 0.0936. The molecule has 1 amide bonds. The van der Waals surface area contributed by atoms with Gasteiger partial charge in [-0.1, -0.05) is 18.5 Å². The lowest BCUT2D eigenvalue weighted by Gasteiger charge is -2.13. The largest absolute Gasteiger partial charge is 0.348 e. The molecule has 0 aliphatic carbocycles.